The Balaban J connectivity index is 0.000000333. The molecule has 5 heteroatoms. The summed E-state index contributed by atoms with van der Waals surface area (Å²) < 4.78 is 27.8. The average Bonchev–Trinajstić information content (AvgIpc) is 3.46. The van der Waals surface area contributed by atoms with Crippen LogP contribution in [0.15, 0.2) is 55.1 Å². The van der Waals surface area contributed by atoms with Crippen molar-refractivity contribution in [1.82, 2.24) is 4.90 Å². The van der Waals surface area contributed by atoms with Gasteiger partial charge in [0.2, 0.25) is 0 Å². The number of rotatable bonds is 3. The molecule has 1 aliphatic carbocycles. The van der Waals surface area contributed by atoms with Crippen LogP contribution in [0.25, 0.3) is 11.1 Å². The van der Waals surface area contributed by atoms with Gasteiger partial charge in [-0.1, -0.05) is 57.2 Å². The Morgan fingerprint density at radius 2 is 1.71 bits per heavy atom. The molecule has 2 aromatic carbocycles. The molecule has 2 nitrogen and oxygen atoms in total. The van der Waals surface area contributed by atoms with Crippen molar-refractivity contribution in [3.63, 3.8) is 0 Å². The third-order valence-corrected chi connectivity index (χ3v) is 5.16. The summed E-state index contributed by atoms with van der Waals surface area (Å²) in [6.07, 6.45) is 4.10. The van der Waals surface area contributed by atoms with Crippen LogP contribution in [0.5, 0.6) is 0 Å². The van der Waals surface area contributed by atoms with Crippen LogP contribution in [0.3, 0.4) is 0 Å². The van der Waals surface area contributed by atoms with Crippen LogP contribution in [0.4, 0.5) is 8.78 Å². The summed E-state index contributed by atoms with van der Waals surface area (Å²) in [5.74, 6) is 0.690. The Morgan fingerprint density at radius 3 is 2.13 bits per heavy atom. The van der Waals surface area contributed by atoms with Crippen molar-refractivity contribution in [2.45, 2.75) is 45.6 Å². The van der Waals surface area contributed by atoms with Gasteiger partial charge in [0.05, 0.1) is 5.56 Å². The monoisotopic (exact) mass is 448 g/mol. The number of likely N-dealkylation sites (N-methyl/N-ethyl adjacent to an activating group) is 1. The number of hydrogen-bond donors (Lipinski definition) is 2. The number of likely N-dealkylation sites (tertiary alicyclic amines) is 1. The SMILES string of the molecule is C=CC1CC1c1ccccc1-c1c(F)cccc1F.CC.CCS.CN1CCC(N)C1. The fourth-order valence-corrected chi connectivity index (χ4v) is 3.60. The maximum atomic E-state index is 13.9. The van der Waals surface area contributed by atoms with Crippen molar-refractivity contribution in [2.24, 2.45) is 11.7 Å². The van der Waals surface area contributed by atoms with E-state index in [2.05, 4.69) is 31.2 Å². The van der Waals surface area contributed by atoms with Gasteiger partial charge in [-0.25, -0.2) is 8.78 Å². The fraction of sp³-hybridized carbons (Fsp3) is 0.462. The molecule has 0 amide bonds. The summed E-state index contributed by atoms with van der Waals surface area (Å²) in [6, 6.07) is 11.9. The second-order valence-corrected chi connectivity index (χ2v) is 8.19. The van der Waals surface area contributed by atoms with Gasteiger partial charge in [0.25, 0.3) is 0 Å². The molecule has 31 heavy (non-hydrogen) atoms. The molecule has 1 aliphatic heterocycles. The highest BCUT2D eigenvalue weighted by Gasteiger charge is 2.37. The molecular formula is C26H38F2N2S. The lowest BCUT2D eigenvalue weighted by atomic mass is 9.95. The van der Waals surface area contributed by atoms with E-state index in [0.717, 1.165) is 24.3 Å². The molecule has 0 radical (unpaired) electrons. The zero-order chi connectivity index (χ0) is 23.4. The fourth-order valence-electron chi connectivity index (χ4n) is 3.60. The van der Waals surface area contributed by atoms with Gasteiger partial charge in [-0.3, -0.25) is 0 Å². The largest absolute Gasteiger partial charge is 0.326 e. The van der Waals surface area contributed by atoms with Gasteiger partial charge in [0.1, 0.15) is 11.6 Å². The number of halogens is 2. The van der Waals surface area contributed by atoms with E-state index in [9.17, 15) is 8.78 Å². The number of hydrogen-bond acceptors (Lipinski definition) is 3. The van der Waals surface area contributed by atoms with E-state index >= 15 is 0 Å². The first kappa shape index (κ1) is 27.3. The molecular weight excluding hydrogens is 410 g/mol. The van der Waals surface area contributed by atoms with Crippen LogP contribution in [0.2, 0.25) is 0 Å². The molecule has 0 aromatic heterocycles. The van der Waals surface area contributed by atoms with Crippen LogP contribution in [0, 0.1) is 17.6 Å². The van der Waals surface area contributed by atoms with Gasteiger partial charge >= 0.3 is 0 Å². The Labute approximate surface area is 192 Å². The van der Waals surface area contributed by atoms with Crippen molar-refractivity contribution in [1.29, 1.82) is 0 Å². The lowest BCUT2D eigenvalue weighted by molar-refractivity contribution is 0.411. The number of allylic oxidation sites excluding steroid dienone is 1. The van der Waals surface area contributed by atoms with Crippen LogP contribution in [-0.4, -0.2) is 36.8 Å². The lowest BCUT2D eigenvalue weighted by Crippen LogP contribution is -2.23. The van der Waals surface area contributed by atoms with E-state index in [1.807, 2.05) is 45.0 Å². The van der Waals surface area contributed by atoms with E-state index < -0.39 is 11.6 Å². The standard InChI is InChI=1S/C17H14F2.C5H12N2.C2H6S.C2H6/c1-2-11-10-14(11)12-6-3-4-7-13(12)17-15(18)8-5-9-16(17)19;1-7-3-2-5(6)4-7;1-2-3;1-2/h2-9,11,14H,1,10H2;5H,2-4,6H2,1H3;3H,2H2,1H3;1-2H3. The number of nitrogens with zero attached hydrogens (tertiary/aromatic N) is 1. The minimum absolute atomic E-state index is 0.0767. The molecule has 1 heterocycles. The Hall–Kier alpha value is -1.69. The summed E-state index contributed by atoms with van der Waals surface area (Å²) in [6.45, 7) is 12.0. The normalized spacial score (nSPS) is 21.5. The second kappa shape index (κ2) is 14.4. The molecule has 3 unspecified atom stereocenters. The highest BCUT2D eigenvalue weighted by Crippen LogP contribution is 2.51. The summed E-state index contributed by atoms with van der Waals surface area (Å²) in [5.41, 5.74) is 7.33. The number of thiol groups is 1. The van der Waals surface area contributed by atoms with Crippen LogP contribution in [-0.2, 0) is 0 Å². The quantitative estimate of drug-likeness (QED) is 0.413. The van der Waals surface area contributed by atoms with Crippen molar-refractivity contribution < 1.29 is 8.78 Å². The average molecular weight is 449 g/mol. The van der Waals surface area contributed by atoms with E-state index in [1.54, 1.807) is 6.07 Å². The first-order valence-electron chi connectivity index (χ1n) is 11.1. The molecule has 2 aromatic rings. The first-order chi connectivity index (χ1) is 14.9. The van der Waals surface area contributed by atoms with Crippen molar-refractivity contribution in [3.8, 4) is 11.1 Å². The van der Waals surface area contributed by atoms with E-state index in [4.69, 9.17) is 5.73 Å². The third-order valence-electron chi connectivity index (χ3n) is 5.16. The molecule has 0 bridgehead atoms. The maximum Gasteiger partial charge on any atom is 0.133 e. The minimum atomic E-state index is -0.511. The number of benzene rings is 2. The molecule has 172 valence electrons. The zero-order valence-corrected chi connectivity index (χ0v) is 20.2. The Bertz CT molecular complexity index is 768. The molecule has 3 atom stereocenters. The molecule has 0 spiro atoms. The van der Waals surface area contributed by atoms with Crippen LogP contribution < -0.4 is 5.73 Å². The Kier molecular flexibility index (Phi) is 12.7. The van der Waals surface area contributed by atoms with Gasteiger partial charge in [-0.15, -0.1) is 6.58 Å². The Morgan fingerprint density at radius 1 is 1.13 bits per heavy atom. The smallest absolute Gasteiger partial charge is 0.133 e. The summed E-state index contributed by atoms with van der Waals surface area (Å²) in [7, 11) is 2.10. The van der Waals surface area contributed by atoms with Gasteiger partial charge in [0.15, 0.2) is 0 Å². The predicted molar refractivity (Wildman–Crippen MR) is 134 cm³/mol. The highest BCUT2D eigenvalue weighted by molar-refractivity contribution is 7.80. The van der Waals surface area contributed by atoms with Gasteiger partial charge in [-0.2, -0.15) is 12.6 Å². The molecule has 2 fully saturated rings. The van der Waals surface area contributed by atoms with Gasteiger partial charge in [0, 0.05) is 12.6 Å². The van der Waals surface area contributed by atoms with Crippen LogP contribution >= 0.6 is 12.6 Å². The lowest BCUT2D eigenvalue weighted by Gasteiger charge is -2.11. The van der Waals surface area contributed by atoms with E-state index in [-0.39, 0.29) is 5.56 Å². The van der Waals surface area contributed by atoms with Gasteiger partial charge < -0.3 is 10.6 Å². The van der Waals surface area contributed by atoms with E-state index in [0.29, 0.717) is 23.4 Å². The second-order valence-electron chi connectivity index (χ2n) is 7.55. The third kappa shape index (κ3) is 8.40. The van der Waals surface area contributed by atoms with Crippen molar-refractivity contribution >= 4 is 12.6 Å². The molecule has 1 saturated heterocycles. The summed E-state index contributed by atoms with van der Waals surface area (Å²) >= 11 is 3.79. The zero-order valence-electron chi connectivity index (χ0n) is 19.3. The predicted octanol–water partition coefficient (Wildman–Crippen LogP) is 6.53. The van der Waals surface area contributed by atoms with Gasteiger partial charge in [-0.05, 0) is 67.3 Å². The minimum Gasteiger partial charge on any atom is -0.326 e. The summed E-state index contributed by atoms with van der Waals surface area (Å²) in [5, 5.41) is 0. The van der Waals surface area contributed by atoms with E-state index in [1.165, 1.54) is 31.2 Å². The molecule has 2 aliphatic rings. The van der Waals surface area contributed by atoms with Crippen molar-refractivity contribution in [3.05, 3.63) is 72.3 Å². The summed E-state index contributed by atoms with van der Waals surface area (Å²) in [4.78, 5) is 2.25. The highest BCUT2D eigenvalue weighted by atomic mass is 32.1. The topological polar surface area (TPSA) is 29.3 Å². The van der Waals surface area contributed by atoms with Crippen LogP contribution in [0.1, 0.15) is 45.1 Å². The molecule has 4 rings (SSSR count). The van der Waals surface area contributed by atoms with Crippen molar-refractivity contribution in [2.75, 3.05) is 25.9 Å². The molecule has 2 N–H and O–H groups in total. The molecule has 1 saturated carbocycles. The maximum absolute atomic E-state index is 13.9. The number of nitrogens with two attached hydrogens (primary N) is 1. The first-order valence-corrected chi connectivity index (χ1v) is 11.8.